The van der Waals surface area contributed by atoms with E-state index in [9.17, 15) is 9.59 Å². The van der Waals surface area contributed by atoms with Crippen LogP contribution < -0.4 is 14.4 Å². The molecular formula is C32H31NO5. The lowest BCUT2D eigenvalue weighted by molar-refractivity contribution is -0.152. The third-order valence-electron chi connectivity index (χ3n) is 7.21. The minimum Gasteiger partial charge on any atom is -0.493 e. The van der Waals surface area contributed by atoms with Crippen molar-refractivity contribution >= 4 is 28.3 Å². The molecule has 1 fully saturated rings. The minimum absolute atomic E-state index is 0.0354. The zero-order valence-corrected chi connectivity index (χ0v) is 21.8. The fourth-order valence-corrected chi connectivity index (χ4v) is 5.24. The Morgan fingerprint density at radius 2 is 1.63 bits per heavy atom. The summed E-state index contributed by atoms with van der Waals surface area (Å²) in [5, 5.41) is 2.15. The molecule has 0 N–H and O–H groups in total. The molecule has 38 heavy (non-hydrogen) atoms. The first-order chi connectivity index (χ1) is 18.5. The molecule has 1 aliphatic heterocycles. The molecule has 0 radical (unpaired) electrons. The van der Waals surface area contributed by atoms with Crippen LogP contribution in [0.4, 0.5) is 5.69 Å². The molecule has 0 bridgehead atoms. The molecule has 0 unspecified atom stereocenters. The van der Waals surface area contributed by atoms with Crippen molar-refractivity contribution in [3.05, 3.63) is 102 Å². The Kier molecular flexibility index (Phi) is 7.31. The number of carbonyl (C=O) groups is 2. The normalized spacial score (nSPS) is 17.3. The van der Waals surface area contributed by atoms with E-state index in [0.717, 1.165) is 33.2 Å². The summed E-state index contributed by atoms with van der Waals surface area (Å²) in [6.07, 6.45) is 0.653. The fraction of sp³-hybridized carbons (Fsp3) is 0.250. The maximum atomic E-state index is 13.7. The number of ether oxygens (including phenoxy) is 3. The predicted octanol–water partition coefficient (Wildman–Crippen LogP) is 6.39. The first kappa shape index (κ1) is 25.3. The second kappa shape index (κ2) is 11.0. The average Bonchev–Trinajstić information content (AvgIpc) is 2.95. The topological polar surface area (TPSA) is 65.1 Å². The average molecular weight is 510 g/mol. The number of rotatable bonds is 7. The van der Waals surface area contributed by atoms with Crippen molar-refractivity contribution in [3.63, 3.8) is 0 Å². The molecule has 0 aromatic heterocycles. The van der Waals surface area contributed by atoms with E-state index in [2.05, 4.69) is 0 Å². The van der Waals surface area contributed by atoms with Gasteiger partial charge < -0.3 is 19.1 Å². The van der Waals surface area contributed by atoms with Crippen LogP contribution in [0.5, 0.6) is 11.5 Å². The van der Waals surface area contributed by atoms with E-state index in [1.54, 1.807) is 25.2 Å². The van der Waals surface area contributed by atoms with Crippen LogP contribution in [-0.2, 0) is 20.9 Å². The summed E-state index contributed by atoms with van der Waals surface area (Å²) >= 11 is 0. The van der Waals surface area contributed by atoms with E-state index in [-0.39, 0.29) is 24.9 Å². The second-order valence-electron chi connectivity index (χ2n) is 9.55. The minimum atomic E-state index is -0.557. The van der Waals surface area contributed by atoms with Crippen LogP contribution in [0.1, 0.15) is 35.6 Å². The van der Waals surface area contributed by atoms with Crippen molar-refractivity contribution in [1.82, 2.24) is 0 Å². The molecule has 6 heteroatoms. The molecule has 1 saturated heterocycles. The Bertz CT molecular complexity index is 1460. The molecule has 4 aromatic rings. The van der Waals surface area contributed by atoms with E-state index in [4.69, 9.17) is 14.2 Å². The molecule has 1 amide bonds. The van der Waals surface area contributed by atoms with E-state index < -0.39 is 12.0 Å². The Morgan fingerprint density at radius 1 is 0.895 bits per heavy atom. The maximum absolute atomic E-state index is 13.7. The number of carbonyl (C=O) groups excluding carboxylic acids is 2. The van der Waals surface area contributed by atoms with Crippen LogP contribution in [0.15, 0.2) is 84.9 Å². The summed E-state index contributed by atoms with van der Waals surface area (Å²) in [6.45, 7) is 2.16. The third-order valence-corrected chi connectivity index (χ3v) is 7.21. The van der Waals surface area contributed by atoms with E-state index in [1.165, 1.54) is 0 Å². The lowest BCUT2D eigenvalue weighted by Gasteiger charge is -2.40. The number of methoxy groups -OCH3 is 2. The first-order valence-electron chi connectivity index (χ1n) is 12.7. The summed E-state index contributed by atoms with van der Waals surface area (Å²) in [6, 6.07) is 26.8. The summed E-state index contributed by atoms with van der Waals surface area (Å²) < 4.78 is 16.9. The third kappa shape index (κ3) is 4.94. The first-order valence-corrected chi connectivity index (χ1v) is 12.7. The van der Waals surface area contributed by atoms with Gasteiger partial charge in [0.2, 0.25) is 5.91 Å². The highest BCUT2D eigenvalue weighted by Crippen LogP contribution is 2.43. The van der Waals surface area contributed by atoms with Gasteiger partial charge in [0, 0.05) is 12.1 Å². The molecule has 0 spiro atoms. The maximum Gasteiger partial charge on any atom is 0.311 e. The molecular weight excluding hydrogens is 478 g/mol. The highest BCUT2D eigenvalue weighted by Gasteiger charge is 2.42. The van der Waals surface area contributed by atoms with Crippen molar-refractivity contribution < 1.29 is 23.8 Å². The van der Waals surface area contributed by atoms with Crippen LogP contribution in [-0.4, -0.2) is 26.1 Å². The van der Waals surface area contributed by atoms with Crippen molar-refractivity contribution in [2.45, 2.75) is 32.4 Å². The molecule has 194 valence electrons. The van der Waals surface area contributed by atoms with Gasteiger partial charge in [-0.3, -0.25) is 9.59 Å². The number of fused-ring (bicyclic) bond motifs is 1. The quantitative estimate of drug-likeness (QED) is 0.270. The molecule has 1 aliphatic rings. The highest BCUT2D eigenvalue weighted by molar-refractivity contribution is 5.97. The number of hydrogen-bond acceptors (Lipinski definition) is 5. The highest BCUT2D eigenvalue weighted by atomic mass is 16.5. The molecule has 5 rings (SSSR count). The SMILES string of the molecule is COc1ccc([C@@H]2[C@H](C(=O)OCc3cccc4ccccc34)CCC(=O)N2c2ccc(C)cc2)cc1OC. The van der Waals surface area contributed by atoms with Crippen molar-refractivity contribution in [2.24, 2.45) is 5.92 Å². The van der Waals surface area contributed by atoms with E-state index in [0.29, 0.717) is 17.9 Å². The van der Waals surface area contributed by atoms with Gasteiger partial charge in [-0.1, -0.05) is 66.2 Å². The van der Waals surface area contributed by atoms with Gasteiger partial charge in [0.15, 0.2) is 11.5 Å². The van der Waals surface area contributed by atoms with Crippen LogP contribution in [0.2, 0.25) is 0 Å². The number of esters is 1. The summed E-state index contributed by atoms with van der Waals surface area (Å²) in [7, 11) is 3.15. The molecule has 0 saturated carbocycles. The lowest BCUT2D eigenvalue weighted by Crippen LogP contribution is -2.46. The lowest BCUT2D eigenvalue weighted by atomic mass is 9.83. The standard InChI is InChI=1S/C32H31NO5/c1-21-11-14-25(15-12-21)33-30(34)18-16-27(31(33)23-13-17-28(36-2)29(19-23)37-3)32(35)38-20-24-9-6-8-22-7-4-5-10-26(22)24/h4-15,17,19,27,31H,16,18,20H2,1-3H3/t27-,31-/m1/s1. The number of hydrogen-bond donors (Lipinski definition) is 0. The summed E-state index contributed by atoms with van der Waals surface area (Å²) in [5.74, 6) is 0.196. The second-order valence-corrected chi connectivity index (χ2v) is 9.55. The molecule has 1 heterocycles. The van der Waals surface area contributed by atoms with Crippen LogP contribution in [0.25, 0.3) is 10.8 Å². The van der Waals surface area contributed by atoms with Gasteiger partial charge in [-0.15, -0.1) is 0 Å². The van der Waals surface area contributed by atoms with Gasteiger partial charge in [0.1, 0.15) is 6.61 Å². The van der Waals surface area contributed by atoms with Gasteiger partial charge in [-0.2, -0.15) is 0 Å². The summed E-state index contributed by atoms with van der Waals surface area (Å²) in [4.78, 5) is 28.8. The zero-order chi connectivity index (χ0) is 26.6. The van der Waals surface area contributed by atoms with E-state index >= 15 is 0 Å². The molecule has 2 atom stereocenters. The molecule has 0 aliphatic carbocycles. The monoisotopic (exact) mass is 509 g/mol. The van der Waals surface area contributed by atoms with Crippen molar-refractivity contribution in [3.8, 4) is 11.5 Å². The zero-order valence-electron chi connectivity index (χ0n) is 21.8. The largest absolute Gasteiger partial charge is 0.493 e. The summed E-state index contributed by atoms with van der Waals surface area (Å²) in [5.41, 5.74) is 3.56. The Morgan fingerprint density at radius 3 is 2.39 bits per heavy atom. The van der Waals surface area contributed by atoms with Gasteiger partial charge in [0.25, 0.3) is 0 Å². The Labute approximate surface area is 222 Å². The van der Waals surface area contributed by atoms with E-state index in [1.807, 2.05) is 85.8 Å². The number of aryl methyl sites for hydroxylation is 1. The predicted molar refractivity (Wildman–Crippen MR) is 147 cm³/mol. The van der Waals surface area contributed by atoms with Gasteiger partial charge in [-0.05, 0) is 59.5 Å². The van der Waals surface area contributed by atoms with Crippen LogP contribution in [0, 0.1) is 12.8 Å². The number of nitrogens with zero attached hydrogens (tertiary/aromatic N) is 1. The van der Waals surface area contributed by atoms with Crippen molar-refractivity contribution in [1.29, 1.82) is 0 Å². The fourth-order valence-electron chi connectivity index (χ4n) is 5.24. The Hall–Kier alpha value is -4.32. The number of piperidine rings is 1. The van der Waals surface area contributed by atoms with Crippen molar-refractivity contribution in [2.75, 3.05) is 19.1 Å². The smallest absolute Gasteiger partial charge is 0.311 e. The molecule has 4 aromatic carbocycles. The van der Waals surface area contributed by atoms with Gasteiger partial charge in [0.05, 0.1) is 26.2 Å². The number of amides is 1. The van der Waals surface area contributed by atoms with Crippen LogP contribution >= 0.6 is 0 Å². The number of anilines is 1. The van der Waals surface area contributed by atoms with Gasteiger partial charge >= 0.3 is 5.97 Å². The Balaban J connectivity index is 1.51. The number of benzene rings is 4. The van der Waals surface area contributed by atoms with Crippen LogP contribution in [0.3, 0.4) is 0 Å². The van der Waals surface area contributed by atoms with Gasteiger partial charge in [-0.25, -0.2) is 0 Å². The molecule has 6 nitrogen and oxygen atoms in total.